The lowest BCUT2D eigenvalue weighted by molar-refractivity contribution is -0.159. The summed E-state index contributed by atoms with van der Waals surface area (Å²) in [4.78, 5) is 24.6. The number of ether oxygens (including phenoxy) is 2. The molecule has 0 spiro atoms. The molecular formula is C27H31N3O4. The Labute approximate surface area is 200 Å². The minimum absolute atomic E-state index is 0.164. The van der Waals surface area contributed by atoms with Crippen LogP contribution in [0.2, 0.25) is 0 Å². The van der Waals surface area contributed by atoms with E-state index < -0.39 is 11.5 Å². The van der Waals surface area contributed by atoms with Crippen molar-refractivity contribution in [3.63, 3.8) is 0 Å². The fourth-order valence-corrected chi connectivity index (χ4v) is 3.79. The first-order valence-corrected chi connectivity index (χ1v) is 11.4. The number of nitrogens with two attached hydrogens (primary N) is 1. The molecule has 178 valence electrons. The van der Waals surface area contributed by atoms with Crippen molar-refractivity contribution in [2.75, 3.05) is 13.2 Å². The number of aryl methyl sites for hydroxylation is 1. The average molecular weight is 462 g/mol. The summed E-state index contributed by atoms with van der Waals surface area (Å²) in [6.45, 7) is 6.51. The van der Waals surface area contributed by atoms with Gasteiger partial charge in [0.1, 0.15) is 11.7 Å². The van der Waals surface area contributed by atoms with Gasteiger partial charge in [-0.05, 0) is 69.5 Å². The van der Waals surface area contributed by atoms with Gasteiger partial charge < -0.3 is 19.8 Å². The molecule has 0 aliphatic heterocycles. The standard InChI is InChI=1S/C27H31N3O4/c1-27(2,3)34-26(32)23(18-29)16-19-14-21-10-12-30(24(21)22(15-19)17-28)11-7-13-33-25(31)20-8-5-4-6-9-20/h4-6,8-10,12,14-15,23H,7,11,13,16,18,29H2,1-3H3/t23-/m1/s1. The molecule has 1 atom stereocenters. The molecule has 0 bridgehead atoms. The second kappa shape index (κ2) is 11.0. The van der Waals surface area contributed by atoms with Crippen molar-refractivity contribution in [3.05, 3.63) is 71.4 Å². The van der Waals surface area contributed by atoms with Gasteiger partial charge in [0.15, 0.2) is 0 Å². The van der Waals surface area contributed by atoms with Crippen molar-refractivity contribution < 1.29 is 19.1 Å². The number of rotatable bonds is 9. The first kappa shape index (κ1) is 25.0. The summed E-state index contributed by atoms with van der Waals surface area (Å²) >= 11 is 0. The molecule has 1 heterocycles. The van der Waals surface area contributed by atoms with Crippen LogP contribution in [0.5, 0.6) is 0 Å². The number of carbonyl (C=O) groups is 2. The summed E-state index contributed by atoms with van der Waals surface area (Å²) in [6.07, 6.45) is 2.93. The summed E-state index contributed by atoms with van der Waals surface area (Å²) in [7, 11) is 0. The van der Waals surface area contributed by atoms with Gasteiger partial charge in [-0.2, -0.15) is 5.26 Å². The molecule has 3 rings (SSSR count). The van der Waals surface area contributed by atoms with Crippen LogP contribution in [0.1, 0.15) is 48.7 Å². The molecule has 0 unspecified atom stereocenters. The number of esters is 2. The fourth-order valence-electron chi connectivity index (χ4n) is 3.79. The van der Waals surface area contributed by atoms with E-state index in [4.69, 9.17) is 15.2 Å². The Morgan fingerprint density at radius 1 is 1.15 bits per heavy atom. The van der Waals surface area contributed by atoms with Crippen molar-refractivity contribution in [2.45, 2.75) is 45.8 Å². The Kier molecular flexibility index (Phi) is 8.08. The highest BCUT2D eigenvalue weighted by Gasteiger charge is 2.25. The molecule has 0 radical (unpaired) electrons. The molecule has 0 aliphatic rings. The molecule has 0 saturated heterocycles. The highest BCUT2D eigenvalue weighted by atomic mass is 16.6. The smallest absolute Gasteiger partial charge is 0.338 e. The number of nitriles is 1. The maximum absolute atomic E-state index is 12.5. The second-order valence-corrected chi connectivity index (χ2v) is 9.23. The van der Waals surface area contributed by atoms with Crippen molar-refractivity contribution in [1.29, 1.82) is 5.26 Å². The lowest BCUT2D eigenvalue weighted by Gasteiger charge is -2.23. The van der Waals surface area contributed by atoms with Crippen LogP contribution in [0.15, 0.2) is 54.7 Å². The Morgan fingerprint density at radius 2 is 1.88 bits per heavy atom. The van der Waals surface area contributed by atoms with Gasteiger partial charge in [-0.15, -0.1) is 0 Å². The van der Waals surface area contributed by atoms with Crippen LogP contribution in [0.4, 0.5) is 0 Å². The summed E-state index contributed by atoms with van der Waals surface area (Å²) in [6, 6.07) is 16.9. The van der Waals surface area contributed by atoms with Crippen LogP contribution in [0, 0.1) is 17.2 Å². The zero-order chi connectivity index (χ0) is 24.7. The number of nitrogens with zero attached hydrogens (tertiary/aromatic N) is 2. The molecule has 1 aromatic heterocycles. The third-order valence-electron chi connectivity index (χ3n) is 5.33. The van der Waals surface area contributed by atoms with Crippen LogP contribution < -0.4 is 5.73 Å². The summed E-state index contributed by atoms with van der Waals surface area (Å²) < 4.78 is 12.8. The molecule has 0 aliphatic carbocycles. The minimum atomic E-state index is -0.584. The fraction of sp³-hybridized carbons (Fsp3) is 0.370. The van der Waals surface area contributed by atoms with Crippen molar-refractivity contribution >= 4 is 22.8 Å². The van der Waals surface area contributed by atoms with E-state index in [9.17, 15) is 14.9 Å². The molecule has 3 aromatic rings. The molecule has 0 amide bonds. The number of carbonyl (C=O) groups excluding carboxylic acids is 2. The van der Waals surface area contributed by atoms with E-state index in [0.29, 0.717) is 30.5 Å². The zero-order valence-corrected chi connectivity index (χ0v) is 19.9. The molecular weight excluding hydrogens is 430 g/mol. The van der Waals surface area contributed by atoms with E-state index in [-0.39, 0.29) is 25.1 Å². The van der Waals surface area contributed by atoms with E-state index in [2.05, 4.69) is 6.07 Å². The van der Waals surface area contributed by atoms with Gasteiger partial charge in [0.05, 0.1) is 29.2 Å². The van der Waals surface area contributed by atoms with Crippen LogP contribution in [0.3, 0.4) is 0 Å². The van der Waals surface area contributed by atoms with Gasteiger partial charge >= 0.3 is 11.9 Å². The Morgan fingerprint density at radius 3 is 2.53 bits per heavy atom. The number of fused-ring (bicyclic) bond motifs is 1. The van der Waals surface area contributed by atoms with Gasteiger partial charge in [0, 0.05) is 24.7 Å². The van der Waals surface area contributed by atoms with E-state index >= 15 is 0 Å². The summed E-state index contributed by atoms with van der Waals surface area (Å²) in [5.41, 5.74) is 8.00. The first-order chi connectivity index (χ1) is 16.2. The third kappa shape index (κ3) is 6.46. The summed E-state index contributed by atoms with van der Waals surface area (Å²) in [5.74, 6) is -1.17. The van der Waals surface area contributed by atoms with Crippen molar-refractivity contribution in [2.24, 2.45) is 11.7 Å². The number of hydrogen-bond donors (Lipinski definition) is 1. The van der Waals surface area contributed by atoms with Crippen LogP contribution in [-0.2, 0) is 27.2 Å². The van der Waals surface area contributed by atoms with E-state index in [0.717, 1.165) is 16.5 Å². The maximum atomic E-state index is 12.5. The van der Waals surface area contributed by atoms with Gasteiger partial charge in [0.25, 0.3) is 0 Å². The average Bonchev–Trinajstić information content (AvgIpc) is 3.21. The Hall–Kier alpha value is -3.63. The SMILES string of the molecule is CC(C)(C)OC(=O)[C@@H](CN)Cc1cc(C#N)c2c(ccn2CCCOC(=O)c2ccccc2)c1. The van der Waals surface area contributed by atoms with Crippen LogP contribution >= 0.6 is 0 Å². The Balaban J connectivity index is 1.67. The molecule has 2 N–H and O–H groups in total. The predicted octanol–water partition coefficient (Wildman–Crippen LogP) is 4.22. The van der Waals surface area contributed by atoms with E-state index in [1.165, 1.54) is 0 Å². The predicted molar refractivity (Wildman–Crippen MR) is 130 cm³/mol. The molecule has 7 nitrogen and oxygen atoms in total. The van der Waals surface area contributed by atoms with Crippen LogP contribution in [0.25, 0.3) is 10.9 Å². The highest BCUT2D eigenvalue weighted by Crippen LogP contribution is 2.25. The van der Waals surface area contributed by atoms with Gasteiger partial charge in [-0.25, -0.2) is 4.79 Å². The molecule has 34 heavy (non-hydrogen) atoms. The van der Waals surface area contributed by atoms with Gasteiger partial charge in [-0.3, -0.25) is 4.79 Å². The third-order valence-corrected chi connectivity index (χ3v) is 5.33. The van der Waals surface area contributed by atoms with E-state index in [1.807, 2.05) is 49.7 Å². The maximum Gasteiger partial charge on any atom is 0.338 e. The molecule has 0 fully saturated rings. The zero-order valence-electron chi connectivity index (χ0n) is 19.9. The lowest BCUT2D eigenvalue weighted by Crippen LogP contribution is -2.33. The molecule has 2 aromatic carbocycles. The minimum Gasteiger partial charge on any atom is -0.462 e. The normalized spacial score (nSPS) is 12.2. The van der Waals surface area contributed by atoms with Gasteiger partial charge in [0.2, 0.25) is 0 Å². The quantitative estimate of drug-likeness (QED) is 0.378. The van der Waals surface area contributed by atoms with Crippen molar-refractivity contribution in [3.8, 4) is 6.07 Å². The number of hydrogen-bond acceptors (Lipinski definition) is 6. The Bertz CT molecular complexity index is 1190. The molecule has 7 heteroatoms. The number of benzene rings is 2. The lowest BCUT2D eigenvalue weighted by atomic mass is 9.96. The van der Waals surface area contributed by atoms with E-state index in [1.54, 1.807) is 30.3 Å². The molecule has 0 saturated carbocycles. The largest absolute Gasteiger partial charge is 0.462 e. The second-order valence-electron chi connectivity index (χ2n) is 9.23. The topological polar surface area (TPSA) is 107 Å². The highest BCUT2D eigenvalue weighted by molar-refractivity contribution is 5.89. The summed E-state index contributed by atoms with van der Waals surface area (Å²) in [5, 5.41) is 10.7. The number of aromatic nitrogens is 1. The first-order valence-electron chi connectivity index (χ1n) is 11.4. The van der Waals surface area contributed by atoms with Crippen LogP contribution in [-0.4, -0.2) is 35.3 Å². The van der Waals surface area contributed by atoms with Crippen molar-refractivity contribution in [1.82, 2.24) is 4.57 Å². The monoisotopic (exact) mass is 461 g/mol. The van der Waals surface area contributed by atoms with Gasteiger partial charge in [-0.1, -0.05) is 18.2 Å².